The van der Waals surface area contributed by atoms with Gasteiger partial charge in [-0.3, -0.25) is 19.3 Å². The van der Waals surface area contributed by atoms with Gasteiger partial charge in [-0.2, -0.15) is 0 Å². The van der Waals surface area contributed by atoms with Crippen molar-refractivity contribution < 1.29 is 14.4 Å². The quantitative estimate of drug-likeness (QED) is 0.475. The van der Waals surface area contributed by atoms with Crippen LogP contribution < -0.4 is 10.6 Å². The van der Waals surface area contributed by atoms with Crippen molar-refractivity contribution in [3.63, 3.8) is 0 Å². The van der Waals surface area contributed by atoms with Gasteiger partial charge in [0.15, 0.2) is 5.78 Å². The molecule has 1 unspecified atom stereocenters. The molecule has 6 nitrogen and oxygen atoms in total. The van der Waals surface area contributed by atoms with Crippen LogP contribution in [0.3, 0.4) is 0 Å². The topological polar surface area (TPSA) is 78.5 Å². The van der Waals surface area contributed by atoms with Crippen molar-refractivity contribution in [3.05, 3.63) is 83.4 Å². The van der Waals surface area contributed by atoms with Crippen molar-refractivity contribution in [1.82, 2.24) is 15.5 Å². The minimum Gasteiger partial charge on any atom is -0.349 e. The second-order valence-corrected chi connectivity index (χ2v) is 11.0. The number of amides is 2. The molecule has 1 heterocycles. The maximum Gasteiger partial charge on any atom is 0.251 e. The number of nitrogens with zero attached hydrogens (tertiary/aromatic N) is 1. The van der Waals surface area contributed by atoms with E-state index >= 15 is 0 Å². The lowest BCUT2D eigenvalue weighted by Crippen LogP contribution is -2.52. The molecule has 0 radical (unpaired) electrons. The standard InChI is InChI=1S/C32H41N3O3/c1-23(2)18-19-29(30(36)22-35-20-10-15-24-11-6-7-14-26(24)21-35)34-32(38)27-16-8-9-17-28(27)33-31(37)25-12-4-3-5-13-25/h3-7,11-14,18-19,23,27-29H,8-10,15-17,20-22H2,1-2H3,(H,33,37)(H,34,38)/b19-18+/t27-,28+,29?/m1/s1. The molecular weight excluding hydrogens is 474 g/mol. The molecule has 0 bridgehead atoms. The predicted octanol–water partition coefficient (Wildman–Crippen LogP) is 4.69. The van der Waals surface area contributed by atoms with Gasteiger partial charge >= 0.3 is 0 Å². The Morgan fingerprint density at radius 2 is 1.63 bits per heavy atom. The van der Waals surface area contributed by atoms with Gasteiger partial charge in [0.1, 0.15) is 6.04 Å². The van der Waals surface area contributed by atoms with Crippen LogP contribution in [0, 0.1) is 11.8 Å². The Labute approximate surface area is 226 Å². The lowest BCUT2D eigenvalue weighted by atomic mass is 9.83. The van der Waals surface area contributed by atoms with Crippen molar-refractivity contribution in [2.75, 3.05) is 13.1 Å². The third kappa shape index (κ3) is 7.64. The molecule has 2 aromatic rings. The molecule has 1 aliphatic heterocycles. The van der Waals surface area contributed by atoms with Gasteiger partial charge in [0.2, 0.25) is 5.91 Å². The van der Waals surface area contributed by atoms with Gasteiger partial charge in [-0.05, 0) is 61.4 Å². The summed E-state index contributed by atoms with van der Waals surface area (Å²) in [6.45, 7) is 6.00. The molecule has 0 saturated heterocycles. The van der Waals surface area contributed by atoms with Crippen LogP contribution >= 0.6 is 0 Å². The van der Waals surface area contributed by atoms with Crippen LogP contribution in [0.25, 0.3) is 0 Å². The van der Waals surface area contributed by atoms with E-state index in [0.29, 0.717) is 18.5 Å². The van der Waals surface area contributed by atoms with E-state index < -0.39 is 6.04 Å². The molecule has 0 spiro atoms. The van der Waals surface area contributed by atoms with Gasteiger partial charge in [0.25, 0.3) is 5.91 Å². The largest absolute Gasteiger partial charge is 0.349 e. The van der Waals surface area contributed by atoms with E-state index in [0.717, 1.165) is 45.2 Å². The highest BCUT2D eigenvalue weighted by Crippen LogP contribution is 2.25. The molecule has 0 aromatic heterocycles. The molecule has 202 valence electrons. The zero-order chi connectivity index (χ0) is 26.9. The van der Waals surface area contributed by atoms with E-state index in [1.165, 1.54) is 11.1 Å². The Kier molecular flexibility index (Phi) is 9.88. The highest BCUT2D eigenvalue weighted by molar-refractivity contribution is 5.95. The molecule has 3 atom stereocenters. The van der Waals surface area contributed by atoms with Gasteiger partial charge < -0.3 is 10.6 Å². The van der Waals surface area contributed by atoms with E-state index in [9.17, 15) is 14.4 Å². The average Bonchev–Trinajstić information content (AvgIpc) is 3.13. The zero-order valence-corrected chi connectivity index (χ0v) is 22.7. The molecule has 6 heteroatoms. The number of carbonyl (C=O) groups is 3. The van der Waals surface area contributed by atoms with Crippen LogP contribution in [0.1, 0.15) is 67.4 Å². The Balaban J connectivity index is 1.43. The summed E-state index contributed by atoms with van der Waals surface area (Å²) in [5, 5.41) is 6.15. The van der Waals surface area contributed by atoms with Gasteiger partial charge in [-0.1, -0.05) is 81.3 Å². The molecule has 4 rings (SSSR count). The monoisotopic (exact) mass is 515 g/mol. The molecule has 1 aliphatic carbocycles. The Hall–Kier alpha value is -3.25. The van der Waals surface area contributed by atoms with E-state index in [4.69, 9.17) is 0 Å². The SMILES string of the molecule is CC(C)/C=C/C(NC(=O)[C@@H]1CCCC[C@@H]1NC(=O)c1ccccc1)C(=O)CN1CCCc2ccccc2C1. The van der Waals surface area contributed by atoms with E-state index in [-0.39, 0.29) is 35.5 Å². The van der Waals surface area contributed by atoms with Crippen molar-refractivity contribution in [2.45, 2.75) is 71.0 Å². The average molecular weight is 516 g/mol. The molecule has 2 amide bonds. The Morgan fingerprint density at radius 3 is 2.39 bits per heavy atom. The number of benzene rings is 2. The minimum atomic E-state index is -0.684. The number of rotatable bonds is 9. The predicted molar refractivity (Wildman–Crippen MR) is 151 cm³/mol. The summed E-state index contributed by atoms with van der Waals surface area (Å²) in [5.41, 5.74) is 3.22. The number of carbonyl (C=O) groups excluding carboxylic acids is 3. The summed E-state index contributed by atoms with van der Waals surface area (Å²) in [6.07, 6.45) is 9.21. The fraction of sp³-hybridized carbons (Fsp3) is 0.469. The van der Waals surface area contributed by atoms with Crippen molar-refractivity contribution in [1.29, 1.82) is 0 Å². The normalized spacial score (nSPS) is 20.9. The third-order valence-corrected chi connectivity index (χ3v) is 7.60. The molecule has 2 aliphatic rings. The second kappa shape index (κ2) is 13.5. The van der Waals surface area contributed by atoms with E-state index in [2.05, 4.69) is 53.6 Å². The van der Waals surface area contributed by atoms with Crippen molar-refractivity contribution in [2.24, 2.45) is 11.8 Å². The minimum absolute atomic E-state index is 0.00434. The maximum absolute atomic E-state index is 13.5. The first kappa shape index (κ1) is 27.8. The zero-order valence-electron chi connectivity index (χ0n) is 22.7. The van der Waals surface area contributed by atoms with Gasteiger partial charge in [0.05, 0.1) is 12.5 Å². The van der Waals surface area contributed by atoms with Crippen LogP contribution in [0.15, 0.2) is 66.7 Å². The second-order valence-electron chi connectivity index (χ2n) is 11.0. The summed E-state index contributed by atoms with van der Waals surface area (Å²) in [6, 6.07) is 16.6. The molecule has 38 heavy (non-hydrogen) atoms. The first-order valence-corrected chi connectivity index (χ1v) is 14.1. The first-order chi connectivity index (χ1) is 18.4. The van der Waals surface area contributed by atoms with Crippen LogP contribution in [-0.2, 0) is 22.6 Å². The van der Waals surface area contributed by atoms with Crippen molar-refractivity contribution in [3.8, 4) is 0 Å². The fourth-order valence-corrected chi connectivity index (χ4v) is 5.51. The van der Waals surface area contributed by atoms with Crippen LogP contribution in [0.5, 0.6) is 0 Å². The highest BCUT2D eigenvalue weighted by atomic mass is 16.2. The third-order valence-electron chi connectivity index (χ3n) is 7.60. The Bertz CT molecular complexity index is 1130. The van der Waals surface area contributed by atoms with Crippen molar-refractivity contribution >= 4 is 17.6 Å². The van der Waals surface area contributed by atoms with Gasteiger partial charge in [-0.25, -0.2) is 0 Å². The number of hydrogen-bond acceptors (Lipinski definition) is 4. The lowest BCUT2D eigenvalue weighted by Gasteiger charge is -2.32. The first-order valence-electron chi connectivity index (χ1n) is 14.1. The summed E-state index contributed by atoms with van der Waals surface area (Å²) in [5.74, 6) is -0.417. The van der Waals surface area contributed by atoms with Gasteiger partial charge in [0, 0.05) is 18.2 Å². The number of hydrogen-bond donors (Lipinski definition) is 2. The molecular formula is C32H41N3O3. The summed E-state index contributed by atoms with van der Waals surface area (Å²) >= 11 is 0. The van der Waals surface area contributed by atoms with Crippen LogP contribution in [0.2, 0.25) is 0 Å². The Morgan fingerprint density at radius 1 is 0.921 bits per heavy atom. The van der Waals surface area contributed by atoms with E-state index in [1.54, 1.807) is 12.1 Å². The molecule has 1 saturated carbocycles. The maximum atomic E-state index is 13.5. The van der Waals surface area contributed by atoms with Crippen LogP contribution in [-0.4, -0.2) is 47.7 Å². The summed E-state index contributed by atoms with van der Waals surface area (Å²) < 4.78 is 0. The summed E-state index contributed by atoms with van der Waals surface area (Å²) in [4.78, 5) is 42.1. The summed E-state index contributed by atoms with van der Waals surface area (Å²) in [7, 11) is 0. The lowest BCUT2D eigenvalue weighted by molar-refractivity contribution is -0.131. The molecule has 2 N–H and O–H groups in total. The number of aryl methyl sites for hydroxylation is 1. The number of ketones is 1. The molecule has 1 fully saturated rings. The van der Waals surface area contributed by atoms with Crippen LogP contribution in [0.4, 0.5) is 0 Å². The highest BCUT2D eigenvalue weighted by Gasteiger charge is 2.34. The molecule has 2 aromatic carbocycles. The smallest absolute Gasteiger partial charge is 0.251 e. The van der Waals surface area contributed by atoms with Gasteiger partial charge in [-0.15, -0.1) is 0 Å². The fourth-order valence-electron chi connectivity index (χ4n) is 5.51. The van der Waals surface area contributed by atoms with E-state index in [1.807, 2.05) is 30.4 Å². The number of fused-ring (bicyclic) bond motifs is 1. The number of Topliss-reactive ketones (excluding diaryl/α,β-unsaturated/α-hetero) is 1. The number of allylic oxidation sites excluding steroid dienone is 1. The number of nitrogens with one attached hydrogen (secondary N) is 2.